The first-order chi connectivity index (χ1) is 10.3. The van der Waals surface area contributed by atoms with Gasteiger partial charge < -0.3 is 10.1 Å². The van der Waals surface area contributed by atoms with Crippen molar-refractivity contribution in [1.29, 1.82) is 0 Å². The molecule has 21 heavy (non-hydrogen) atoms. The Morgan fingerprint density at radius 3 is 2.48 bits per heavy atom. The van der Waals surface area contributed by atoms with Crippen molar-refractivity contribution < 1.29 is 4.74 Å². The fourth-order valence-corrected chi connectivity index (χ4v) is 2.29. The van der Waals surface area contributed by atoms with Gasteiger partial charge in [0.2, 0.25) is 0 Å². The van der Waals surface area contributed by atoms with Crippen LogP contribution in [0.25, 0.3) is 0 Å². The highest BCUT2D eigenvalue weighted by Crippen LogP contribution is 2.25. The topological polar surface area (TPSA) is 21.3 Å². The van der Waals surface area contributed by atoms with Gasteiger partial charge in [-0.05, 0) is 43.9 Å². The molecule has 0 aromatic heterocycles. The minimum absolute atomic E-state index is 0.414. The maximum absolute atomic E-state index is 5.79. The van der Waals surface area contributed by atoms with Crippen LogP contribution in [0.2, 0.25) is 0 Å². The van der Waals surface area contributed by atoms with Crippen LogP contribution in [-0.4, -0.2) is 12.6 Å². The molecular weight excluding hydrogens is 258 g/mol. The maximum atomic E-state index is 5.79. The normalized spacial score (nSPS) is 11.9. The standard InChI is InChI=1S/C19H25NO/c1-3-15-21-19-12-8-7-11-18(19)20-16(2)13-14-17-9-5-4-6-10-17/h4-12,16,20H,3,13-15H2,1-2H3. The number of aryl methyl sites for hydroxylation is 1. The molecular formula is C19H25NO. The van der Waals surface area contributed by atoms with E-state index in [4.69, 9.17) is 4.74 Å². The number of benzene rings is 2. The Morgan fingerprint density at radius 2 is 1.71 bits per heavy atom. The molecule has 2 heteroatoms. The van der Waals surface area contributed by atoms with E-state index in [1.165, 1.54) is 5.56 Å². The van der Waals surface area contributed by atoms with E-state index in [0.717, 1.165) is 37.3 Å². The van der Waals surface area contributed by atoms with E-state index >= 15 is 0 Å². The Morgan fingerprint density at radius 1 is 1.00 bits per heavy atom. The second kappa shape index (κ2) is 8.35. The Hall–Kier alpha value is -1.96. The molecule has 0 fully saturated rings. The maximum Gasteiger partial charge on any atom is 0.142 e. The van der Waals surface area contributed by atoms with Gasteiger partial charge in [-0.15, -0.1) is 0 Å². The first-order valence-electron chi connectivity index (χ1n) is 7.82. The van der Waals surface area contributed by atoms with Crippen molar-refractivity contribution in [1.82, 2.24) is 0 Å². The van der Waals surface area contributed by atoms with Gasteiger partial charge >= 0.3 is 0 Å². The number of para-hydroxylation sites is 2. The lowest BCUT2D eigenvalue weighted by Crippen LogP contribution is -2.16. The fourth-order valence-electron chi connectivity index (χ4n) is 2.29. The molecule has 0 radical (unpaired) electrons. The van der Waals surface area contributed by atoms with E-state index < -0.39 is 0 Å². The molecule has 0 saturated heterocycles. The van der Waals surface area contributed by atoms with Crippen molar-refractivity contribution in [3.8, 4) is 5.75 Å². The predicted octanol–water partition coefficient (Wildman–Crippen LogP) is 4.91. The first kappa shape index (κ1) is 15.4. The highest BCUT2D eigenvalue weighted by Gasteiger charge is 2.07. The van der Waals surface area contributed by atoms with E-state index in [9.17, 15) is 0 Å². The van der Waals surface area contributed by atoms with Crippen LogP contribution in [0.5, 0.6) is 5.75 Å². The highest BCUT2D eigenvalue weighted by atomic mass is 16.5. The fraction of sp³-hybridized carbons (Fsp3) is 0.368. The minimum Gasteiger partial charge on any atom is -0.491 e. The number of rotatable bonds is 8. The molecule has 112 valence electrons. The van der Waals surface area contributed by atoms with Gasteiger partial charge in [-0.1, -0.05) is 49.4 Å². The lowest BCUT2D eigenvalue weighted by Gasteiger charge is -2.18. The van der Waals surface area contributed by atoms with Crippen molar-refractivity contribution >= 4 is 5.69 Å². The zero-order valence-corrected chi connectivity index (χ0v) is 13.0. The van der Waals surface area contributed by atoms with Crippen molar-refractivity contribution in [3.63, 3.8) is 0 Å². The van der Waals surface area contributed by atoms with Crippen molar-refractivity contribution in [2.24, 2.45) is 0 Å². The van der Waals surface area contributed by atoms with Crippen LogP contribution in [0.1, 0.15) is 32.3 Å². The van der Waals surface area contributed by atoms with Crippen LogP contribution < -0.4 is 10.1 Å². The Kier molecular flexibility index (Phi) is 6.14. The number of hydrogen-bond acceptors (Lipinski definition) is 2. The summed E-state index contributed by atoms with van der Waals surface area (Å²) in [6, 6.07) is 19.2. The summed E-state index contributed by atoms with van der Waals surface area (Å²) in [5, 5.41) is 3.56. The molecule has 2 rings (SSSR count). The Labute approximate surface area is 128 Å². The molecule has 0 aliphatic heterocycles. The van der Waals surface area contributed by atoms with Gasteiger partial charge in [0.25, 0.3) is 0 Å². The van der Waals surface area contributed by atoms with E-state index in [2.05, 4.69) is 55.6 Å². The number of ether oxygens (including phenoxy) is 1. The number of hydrogen-bond donors (Lipinski definition) is 1. The summed E-state index contributed by atoms with van der Waals surface area (Å²) in [6.45, 7) is 5.11. The van der Waals surface area contributed by atoms with Crippen LogP contribution in [0.4, 0.5) is 5.69 Å². The highest BCUT2D eigenvalue weighted by molar-refractivity contribution is 5.56. The molecule has 0 heterocycles. The molecule has 2 nitrogen and oxygen atoms in total. The molecule has 2 aromatic rings. The zero-order chi connectivity index (χ0) is 14.9. The van der Waals surface area contributed by atoms with E-state index in [1.54, 1.807) is 0 Å². The largest absolute Gasteiger partial charge is 0.491 e. The van der Waals surface area contributed by atoms with Crippen LogP contribution in [0.3, 0.4) is 0 Å². The summed E-state index contributed by atoms with van der Waals surface area (Å²) < 4.78 is 5.79. The minimum atomic E-state index is 0.414. The summed E-state index contributed by atoms with van der Waals surface area (Å²) in [7, 11) is 0. The third-order valence-electron chi connectivity index (χ3n) is 3.46. The molecule has 0 bridgehead atoms. The van der Waals surface area contributed by atoms with Gasteiger partial charge in [0.05, 0.1) is 12.3 Å². The van der Waals surface area contributed by atoms with E-state index in [-0.39, 0.29) is 0 Å². The predicted molar refractivity (Wildman–Crippen MR) is 90.1 cm³/mol. The lowest BCUT2D eigenvalue weighted by atomic mass is 10.1. The SMILES string of the molecule is CCCOc1ccccc1NC(C)CCc1ccccc1. The van der Waals surface area contributed by atoms with Gasteiger partial charge in [0, 0.05) is 6.04 Å². The van der Waals surface area contributed by atoms with E-state index in [1.807, 2.05) is 18.2 Å². The first-order valence-corrected chi connectivity index (χ1v) is 7.82. The average molecular weight is 283 g/mol. The number of anilines is 1. The summed E-state index contributed by atoms with van der Waals surface area (Å²) in [5.41, 5.74) is 2.48. The molecule has 2 aromatic carbocycles. The quantitative estimate of drug-likeness (QED) is 0.743. The van der Waals surface area contributed by atoms with Gasteiger partial charge in [-0.2, -0.15) is 0 Å². The summed E-state index contributed by atoms with van der Waals surface area (Å²) >= 11 is 0. The summed E-state index contributed by atoms with van der Waals surface area (Å²) in [6.07, 6.45) is 3.22. The van der Waals surface area contributed by atoms with Crippen LogP contribution >= 0.6 is 0 Å². The molecule has 0 amide bonds. The molecule has 1 N–H and O–H groups in total. The van der Waals surface area contributed by atoms with Crippen LogP contribution in [0, 0.1) is 0 Å². The summed E-state index contributed by atoms with van der Waals surface area (Å²) in [5.74, 6) is 0.950. The van der Waals surface area contributed by atoms with Crippen molar-refractivity contribution in [2.45, 2.75) is 39.2 Å². The van der Waals surface area contributed by atoms with Gasteiger partial charge in [0.1, 0.15) is 5.75 Å². The lowest BCUT2D eigenvalue weighted by molar-refractivity contribution is 0.318. The van der Waals surface area contributed by atoms with E-state index in [0.29, 0.717) is 6.04 Å². The second-order valence-corrected chi connectivity index (χ2v) is 5.41. The third-order valence-corrected chi connectivity index (χ3v) is 3.46. The molecule has 0 aliphatic rings. The summed E-state index contributed by atoms with van der Waals surface area (Å²) in [4.78, 5) is 0. The number of nitrogens with one attached hydrogen (secondary N) is 1. The average Bonchev–Trinajstić information content (AvgIpc) is 2.53. The molecule has 1 unspecified atom stereocenters. The van der Waals surface area contributed by atoms with Gasteiger partial charge in [0.15, 0.2) is 0 Å². The molecule has 1 atom stereocenters. The second-order valence-electron chi connectivity index (χ2n) is 5.41. The van der Waals surface area contributed by atoms with Gasteiger partial charge in [-0.25, -0.2) is 0 Å². The Balaban J connectivity index is 1.88. The monoisotopic (exact) mass is 283 g/mol. The van der Waals surface area contributed by atoms with Crippen molar-refractivity contribution in [3.05, 3.63) is 60.2 Å². The van der Waals surface area contributed by atoms with Crippen molar-refractivity contribution in [2.75, 3.05) is 11.9 Å². The Bertz CT molecular complexity index is 524. The van der Waals surface area contributed by atoms with Gasteiger partial charge in [-0.3, -0.25) is 0 Å². The van der Waals surface area contributed by atoms with Crippen LogP contribution in [0.15, 0.2) is 54.6 Å². The molecule has 0 aliphatic carbocycles. The van der Waals surface area contributed by atoms with Crippen LogP contribution in [-0.2, 0) is 6.42 Å². The molecule has 0 saturated carbocycles. The molecule has 0 spiro atoms. The zero-order valence-electron chi connectivity index (χ0n) is 13.0. The third kappa shape index (κ3) is 5.14. The smallest absolute Gasteiger partial charge is 0.142 e.